The Morgan fingerprint density at radius 3 is 2.90 bits per heavy atom. The fourth-order valence-corrected chi connectivity index (χ4v) is 3.34. The maximum Gasteiger partial charge on any atom is 0.227 e. The van der Waals surface area contributed by atoms with E-state index in [4.69, 9.17) is 0 Å². The van der Waals surface area contributed by atoms with E-state index in [0.717, 1.165) is 50.0 Å². The summed E-state index contributed by atoms with van der Waals surface area (Å²) >= 11 is 0. The van der Waals surface area contributed by atoms with Crippen LogP contribution in [0.1, 0.15) is 56.8 Å². The third-order valence-electron chi connectivity index (χ3n) is 4.77. The van der Waals surface area contributed by atoms with Crippen LogP contribution in [-0.2, 0) is 11.8 Å². The number of aromatic nitrogens is 2. The first kappa shape index (κ1) is 16.0. The van der Waals surface area contributed by atoms with Crippen molar-refractivity contribution in [3.8, 4) is 0 Å². The number of nitrogens with one attached hydrogen (secondary N) is 2. The highest BCUT2D eigenvalue weighted by atomic mass is 16.2. The van der Waals surface area contributed by atoms with Crippen LogP contribution in [0.3, 0.4) is 0 Å². The minimum atomic E-state index is -0.239. The van der Waals surface area contributed by atoms with Gasteiger partial charge in [0.25, 0.3) is 0 Å². The van der Waals surface area contributed by atoms with E-state index in [1.165, 1.54) is 0 Å². The first-order valence-electron chi connectivity index (χ1n) is 8.00. The first-order chi connectivity index (χ1) is 10.00. The summed E-state index contributed by atoms with van der Waals surface area (Å²) in [5.41, 5.74) is 1.97. The summed E-state index contributed by atoms with van der Waals surface area (Å²) in [6, 6.07) is 0.00172. The van der Waals surface area contributed by atoms with Crippen molar-refractivity contribution >= 4 is 5.91 Å². The summed E-state index contributed by atoms with van der Waals surface area (Å²) in [6.45, 7) is 8.05. The molecular formula is C16H28N4O. The molecule has 0 aromatic carbocycles. The number of hydrogen-bond donors (Lipinski definition) is 2. The number of aryl methyl sites for hydroxylation is 1. The van der Waals surface area contributed by atoms with Gasteiger partial charge in [0.15, 0.2) is 0 Å². The molecule has 118 valence electrons. The van der Waals surface area contributed by atoms with Crippen molar-refractivity contribution < 1.29 is 4.79 Å². The average molecular weight is 292 g/mol. The molecule has 1 aromatic rings. The van der Waals surface area contributed by atoms with Gasteiger partial charge in [0.1, 0.15) is 0 Å². The normalized spacial score (nSPS) is 23.8. The number of hydrogen-bond acceptors (Lipinski definition) is 3. The van der Waals surface area contributed by atoms with Crippen LogP contribution in [0.25, 0.3) is 0 Å². The van der Waals surface area contributed by atoms with Crippen molar-refractivity contribution in [3.05, 3.63) is 17.5 Å². The van der Waals surface area contributed by atoms with Gasteiger partial charge in [0.05, 0.1) is 17.7 Å². The molecular weight excluding hydrogens is 264 g/mol. The van der Waals surface area contributed by atoms with Gasteiger partial charge < -0.3 is 10.6 Å². The van der Waals surface area contributed by atoms with Crippen LogP contribution in [0, 0.1) is 12.3 Å². The summed E-state index contributed by atoms with van der Waals surface area (Å²) in [4.78, 5) is 12.8. The molecule has 0 aliphatic carbocycles. The van der Waals surface area contributed by atoms with Gasteiger partial charge in [-0.05, 0) is 39.7 Å². The monoisotopic (exact) mass is 292 g/mol. The number of piperidine rings is 1. The lowest BCUT2D eigenvalue weighted by molar-refractivity contribution is -0.133. The van der Waals surface area contributed by atoms with Gasteiger partial charge in [-0.15, -0.1) is 0 Å². The highest BCUT2D eigenvalue weighted by Crippen LogP contribution is 2.33. The fraction of sp³-hybridized carbons (Fsp3) is 0.750. The third-order valence-corrected chi connectivity index (χ3v) is 4.77. The Hall–Kier alpha value is -1.36. The summed E-state index contributed by atoms with van der Waals surface area (Å²) < 4.78 is 1.85. The second-order valence-electron chi connectivity index (χ2n) is 6.31. The highest BCUT2D eigenvalue weighted by Gasteiger charge is 2.39. The van der Waals surface area contributed by atoms with E-state index < -0.39 is 0 Å². The molecule has 1 aromatic heterocycles. The van der Waals surface area contributed by atoms with Gasteiger partial charge in [-0.1, -0.05) is 13.3 Å². The van der Waals surface area contributed by atoms with Crippen LogP contribution in [0.4, 0.5) is 0 Å². The standard InChI is InChI=1S/C16H28N4O/c1-5-7-16(8-6-9-17-11-16)15(21)19-12(2)14-10-18-20(4)13(14)3/h10,12,17H,5-9,11H2,1-4H3,(H,19,21). The maximum absolute atomic E-state index is 12.8. The number of carbonyl (C=O) groups is 1. The molecule has 1 aliphatic heterocycles. The van der Waals surface area contributed by atoms with Crippen molar-refractivity contribution in [2.75, 3.05) is 13.1 Å². The molecule has 1 aliphatic rings. The van der Waals surface area contributed by atoms with Crippen LogP contribution < -0.4 is 10.6 Å². The van der Waals surface area contributed by atoms with E-state index in [1.807, 2.05) is 31.8 Å². The number of carbonyl (C=O) groups excluding carboxylic acids is 1. The van der Waals surface area contributed by atoms with Crippen molar-refractivity contribution in [2.45, 2.75) is 52.5 Å². The van der Waals surface area contributed by atoms with E-state index in [2.05, 4.69) is 22.7 Å². The Labute approximate surface area is 127 Å². The van der Waals surface area contributed by atoms with Crippen molar-refractivity contribution in [2.24, 2.45) is 12.5 Å². The average Bonchev–Trinajstić information content (AvgIpc) is 2.80. The van der Waals surface area contributed by atoms with E-state index in [0.29, 0.717) is 0 Å². The van der Waals surface area contributed by atoms with Crippen LogP contribution >= 0.6 is 0 Å². The lowest BCUT2D eigenvalue weighted by atomic mass is 9.76. The number of rotatable bonds is 5. The van der Waals surface area contributed by atoms with Crippen LogP contribution in [0.15, 0.2) is 6.20 Å². The van der Waals surface area contributed by atoms with E-state index in [1.54, 1.807) is 0 Å². The maximum atomic E-state index is 12.8. The van der Waals surface area contributed by atoms with Gasteiger partial charge in [-0.3, -0.25) is 9.48 Å². The zero-order chi connectivity index (χ0) is 15.5. The first-order valence-corrected chi connectivity index (χ1v) is 8.00. The molecule has 2 heterocycles. The summed E-state index contributed by atoms with van der Waals surface area (Å²) in [5.74, 6) is 0.187. The van der Waals surface area contributed by atoms with Gasteiger partial charge in [-0.2, -0.15) is 5.10 Å². The topological polar surface area (TPSA) is 59.0 Å². The van der Waals surface area contributed by atoms with E-state index in [9.17, 15) is 4.79 Å². The molecule has 2 atom stereocenters. The molecule has 0 bridgehead atoms. The SMILES string of the molecule is CCCC1(C(=O)NC(C)c2cnn(C)c2C)CCCNC1. The largest absolute Gasteiger partial charge is 0.349 e. The molecule has 1 saturated heterocycles. The number of amides is 1. The predicted octanol–water partition coefficient (Wildman–Crippen LogP) is 2.08. The molecule has 0 saturated carbocycles. The quantitative estimate of drug-likeness (QED) is 0.873. The molecule has 2 rings (SSSR count). The molecule has 0 radical (unpaired) electrons. The lowest BCUT2D eigenvalue weighted by Gasteiger charge is -2.37. The van der Waals surface area contributed by atoms with Gasteiger partial charge in [0.2, 0.25) is 5.91 Å². The summed E-state index contributed by atoms with van der Waals surface area (Å²) in [7, 11) is 1.93. The second-order valence-corrected chi connectivity index (χ2v) is 6.31. The zero-order valence-corrected chi connectivity index (χ0v) is 13.7. The van der Waals surface area contributed by atoms with Gasteiger partial charge in [0, 0.05) is 24.8 Å². The molecule has 0 spiro atoms. The third kappa shape index (κ3) is 3.28. The van der Waals surface area contributed by atoms with Crippen molar-refractivity contribution in [1.82, 2.24) is 20.4 Å². The van der Waals surface area contributed by atoms with Crippen molar-refractivity contribution in [1.29, 1.82) is 0 Å². The molecule has 2 unspecified atom stereocenters. The van der Waals surface area contributed by atoms with Crippen LogP contribution in [0.2, 0.25) is 0 Å². The Morgan fingerprint density at radius 1 is 1.62 bits per heavy atom. The highest BCUT2D eigenvalue weighted by molar-refractivity contribution is 5.83. The molecule has 2 N–H and O–H groups in total. The Morgan fingerprint density at radius 2 is 2.38 bits per heavy atom. The van der Waals surface area contributed by atoms with Crippen molar-refractivity contribution in [3.63, 3.8) is 0 Å². The molecule has 1 amide bonds. The van der Waals surface area contributed by atoms with Crippen LogP contribution in [0.5, 0.6) is 0 Å². The molecule has 5 heteroatoms. The second kappa shape index (κ2) is 6.60. The fourth-order valence-electron chi connectivity index (χ4n) is 3.34. The van der Waals surface area contributed by atoms with Gasteiger partial charge in [-0.25, -0.2) is 0 Å². The van der Waals surface area contributed by atoms with Gasteiger partial charge >= 0.3 is 0 Å². The molecule has 21 heavy (non-hydrogen) atoms. The minimum Gasteiger partial charge on any atom is -0.349 e. The van der Waals surface area contributed by atoms with E-state index >= 15 is 0 Å². The smallest absolute Gasteiger partial charge is 0.227 e. The number of nitrogens with zero attached hydrogens (tertiary/aromatic N) is 2. The molecule has 5 nitrogen and oxygen atoms in total. The molecule has 1 fully saturated rings. The summed E-state index contributed by atoms with van der Waals surface area (Å²) in [6.07, 6.45) is 5.90. The zero-order valence-electron chi connectivity index (χ0n) is 13.7. The minimum absolute atomic E-state index is 0.00172. The Bertz CT molecular complexity index is 483. The van der Waals surface area contributed by atoms with E-state index in [-0.39, 0.29) is 17.4 Å². The van der Waals surface area contributed by atoms with Crippen LogP contribution in [-0.4, -0.2) is 28.8 Å². The Balaban J connectivity index is 2.09. The lowest BCUT2D eigenvalue weighted by Crippen LogP contribution is -2.50. The summed E-state index contributed by atoms with van der Waals surface area (Å²) in [5, 5.41) is 10.9. The Kier molecular flexibility index (Phi) is 5.04. The predicted molar refractivity (Wildman–Crippen MR) is 83.9 cm³/mol.